The van der Waals surface area contributed by atoms with Crippen LogP contribution in [0.4, 0.5) is 10.8 Å². The molecule has 0 fully saturated rings. The van der Waals surface area contributed by atoms with Gasteiger partial charge in [0.2, 0.25) is 11.0 Å². The number of benzene rings is 2. The van der Waals surface area contributed by atoms with E-state index in [1.165, 1.54) is 28.7 Å². The van der Waals surface area contributed by atoms with Crippen molar-refractivity contribution in [3.63, 3.8) is 0 Å². The number of hydrogen-bond acceptors (Lipinski definition) is 6. The third kappa shape index (κ3) is 6.17. The van der Waals surface area contributed by atoms with Crippen LogP contribution >= 0.6 is 23.1 Å². The van der Waals surface area contributed by atoms with Gasteiger partial charge in [-0.2, -0.15) is 0 Å². The second-order valence-electron chi connectivity index (χ2n) is 8.77. The van der Waals surface area contributed by atoms with Gasteiger partial charge in [-0.3, -0.25) is 14.9 Å². The molecule has 1 heterocycles. The quantitative estimate of drug-likeness (QED) is 0.356. The van der Waals surface area contributed by atoms with Crippen molar-refractivity contribution in [1.29, 1.82) is 0 Å². The van der Waals surface area contributed by atoms with E-state index < -0.39 is 0 Å². The Morgan fingerprint density at radius 3 is 2.19 bits per heavy atom. The molecular weight excluding hydrogens is 440 g/mol. The molecular formula is C24H28N4O2S2. The summed E-state index contributed by atoms with van der Waals surface area (Å²) < 4.78 is 0.621. The summed E-state index contributed by atoms with van der Waals surface area (Å²) >= 11 is 2.54. The van der Waals surface area contributed by atoms with Crippen LogP contribution in [0.1, 0.15) is 53.4 Å². The monoisotopic (exact) mass is 468 g/mol. The number of amides is 2. The fourth-order valence-electron chi connectivity index (χ4n) is 3.29. The van der Waals surface area contributed by atoms with Crippen molar-refractivity contribution in [3.05, 3.63) is 64.2 Å². The number of carbonyl (C=O) groups is 2. The van der Waals surface area contributed by atoms with E-state index in [4.69, 9.17) is 0 Å². The molecule has 2 amide bonds. The molecule has 6 nitrogen and oxygen atoms in total. The van der Waals surface area contributed by atoms with Gasteiger partial charge in [0, 0.05) is 11.3 Å². The topological polar surface area (TPSA) is 84.0 Å². The van der Waals surface area contributed by atoms with E-state index in [1.807, 2.05) is 57.2 Å². The predicted molar refractivity (Wildman–Crippen MR) is 133 cm³/mol. The molecule has 0 bridgehead atoms. The van der Waals surface area contributed by atoms with E-state index in [1.54, 1.807) is 0 Å². The molecule has 0 spiro atoms. The Morgan fingerprint density at radius 2 is 1.59 bits per heavy atom. The van der Waals surface area contributed by atoms with E-state index in [0.717, 1.165) is 22.4 Å². The summed E-state index contributed by atoms with van der Waals surface area (Å²) in [7, 11) is 0. The summed E-state index contributed by atoms with van der Waals surface area (Å²) in [6, 6.07) is 11.6. The zero-order chi connectivity index (χ0) is 23.5. The van der Waals surface area contributed by atoms with Gasteiger partial charge >= 0.3 is 0 Å². The summed E-state index contributed by atoms with van der Waals surface area (Å²) in [5.74, 6) is -0.130. The van der Waals surface area contributed by atoms with Crippen molar-refractivity contribution in [1.82, 2.24) is 10.2 Å². The minimum atomic E-state index is -0.235. The van der Waals surface area contributed by atoms with Crippen molar-refractivity contribution in [2.45, 2.75) is 51.3 Å². The summed E-state index contributed by atoms with van der Waals surface area (Å²) in [5.41, 5.74) is 5.85. The highest BCUT2D eigenvalue weighted by molar-refractivity contribution is 8.01. The zero-order valence-corrected chi connectivity index (χ0v) is 20.8. The highest BCUT2D eigenvalue weighted by Gasteiger charge is 2.16. The van der Waals surface area contributed by atoms with E-state index >= 15 is 0 Å². The fraction of sp³-hybridized carbons (Fsp3) is 0.333. The molecule has 0 aliphatic rings. The first-order chi connectivity index (χ1) is 15.0. The van der Waals surface area contributed by atoms with Crippen LogP contribution in [0.25, 0.3) is 0 Å². The first-order valence-electron chi connectivity index (χ1n) is 10.3. The number of thioether (sulfide) groups is 1. The lowest BCUT2D eigenvalue weighted by molar-refractivity contribution is -0.113. The lowest BCUT2D eigenvalue weighted by Gasteiger charge is -2.18. The normalized spacial score (nSPS) is 11.3. The van der Waals surface area contributed by atoms with Crippen molar-refractivity contribution in [2.24, 2.45) is 0 Å². The standard InChI is InChI=1S/C24H28N4O2S2/c1-14-11-15(2)20(16(3)12-14)25-19(29)13-31-23-28-27-22(32-23)26-21(30)17-7-9-18(10-8-17)24(4,5)6/h7-12H,13H2,1-6H3,(H,25,29)(H,26,27,30). The maximum Gasteiger partial charge on any atom is 0.257 e. The van der Waals surface area contributed by atoms with Gasteiger partial charge in [0.15, 0.2) is 4.34 Å². The molecule has 0 atom stereocenters. The van der Waals surface area contributed by atoms with E-state index in [9.17, 15) is 9.59 Å². The lowest BCUT2D eigenvalue weighted by Crippen LogP contribution is -2.15. The highest BCUT2D eigenvalue weighted by atomic mass is 32.2. The van der Waals surface area contributed by atoms with Crippen molar-refractivity contribution in [3.8, 4) is 0 Å². The highest BCUT2D eigenvalue weighted by Crippen LogP contribution is 2.27. The second-order valence-corrected chi connectivity index (χ2v) is 11.0. The molecule has 32 heavy (non-hydrogen) atoms. The molecule has 0 unspecified atom stereocenters. The molecule has 0 aliphatic carbocycles. The maximum atomic E-state index is 12.5. The number of hydrogen-bond donors (Lipinski definition) is 2. The Kier molecular flexibility index (Phi) is 7.36. The van der Waals surface area contributed by atoms with E-state index in [2.05, 4.69) is 41.6 Å². The molecule has 168 valence electrons. The Morgan fingerprint density at radius 1 is 0.969 bits per heavy atom. The number of carbonyl (C=O) groups excluding carboxylic acids is 2. The number of aromatic nitrogens is 2. The van der Waals surface area contributed by atoms with Crippen LogP contribution in [-0.4, -0.2) is 27.8 Å². The molecule has 0 aliphatic heterocycles. The number of aryl methyl sites for hydroxylation is 3. The molecule has 3 aromatic rings. The molecule has 1 aromatic heterocycles. The number of anilines is 2. The first kappa shape index (κ1) is 23.9. The van der Waals surface area contributed by atoms with Crippen LogP contribution in [0.2, 0.25) is 0 Å². The lowest BCUT2D eigenvalue weighted by atomic mass is 9.87. The van der Waals surface area contributed by atoms with Crippen LogP contribution in [0.5, 0.6) is 0 Å². The van der Waals surface area contributed by atoms with Gasteiger partial charge in [-0.05, 0) is 55.0 Å². The van der Waals surface area contributed by atoms with Crippen LogP contribution in [-0.2, 0) is 10.2 Å². The number of nitrogens with one attached hydrogen (secondary N) is 2. The smallest absolute Gasteiger partial charge is 0.257 e. The van der Waals surface area contributed by atoms with Crippen molar-refractivity contribution >= 4 is 45.7 Å². The molecule has 2 N–H and O–H groups in total. The summed E-state index contributed by atoms with van der Waals surface area (Å²) in [6.45, 7) is 12.4. The van der Waals surface area contributed by atoms with Gasteiger partial charge < -0.3 is 5.32 Å². The minimum absolute atomic E-state index is 0.0312. The van der Waals surface area contributed by atoms with Gasteiger partial charge in [-0.1, -0.05) is 73.7 Å². The Bertz CT molecular complexity index is 1110. The molecule has 2 aromatic carbocycles. The van der Waals surface area contributed by atoms with Crippen molar-refractivity contribution < 1.29 is 9.59 Å². The third-order valence-corrected chi connectivity index (χ3v) is 6.88. The van der Waals surface area contributed by atoms with Crippen LogP contribution in [0, 0.1) is 20.8 Å². The maximum absolute atomic E-state index is 12.5. The van der Waals surface area contributed by atoms with Gasteiger partial charge in [0.1, 0.15) is 0 Å². The SMILES string of the molecule is Cc1cc(C)c(NC(=O)CSc2nnc(NC(=O)c3ccc(C(C)(C)C)cc3)s2)c(C)c1. The third-order valence-electron chi connectivity index (χ3n) is 4.91. The molecule has 0 saturated heterocycles. The Hall–Kier alpha value is -2.71. The number of rotatable bonds is 6. The van der Waals surface area contributed by atoms with Crippen LogP contribution in [0.3, 0.4) is 0 Å². The summed E-state index contributed by atoms with van der Waals surface area (Å²) in [5, 5.41) is 14.3. The van der Waals surface area contributed by atoms with E-state index in [-0.39, 0.29) is 23.0 Å². The van der Waals surface area contributed by atoms with Crippen LogP contribution in [0.15, 0.2) is 40.7 Å². The fourth-order valence-corrected chi connectivity index (χ4v) is 4.84. The van der Waals surface area contributed by atoms with Gasteiger partial charge in [-0.25, -0.2) is 0 Å². The Labute approximate surface area is 197 Å². The largest absolute Gasteiger partial charge is 0.325 e. The van der Waals surface area contributed by atoms with Gasteiger partial charge in [0.05, 0.1) is 5.75 Å². The van der Waals surface area contributed by atoms with Crippen LogP contribution < -0.4 is 10.6 Å². The Balaban J connectivity index is 1.55. The van der Waals surface area contributed by atoms with Gasteiger partial charge in [0.25, 0.3) is 5.91 Å². The summed E-state index contributed by atoms with van der Waals surface area (Å²) in [6.07, 6.45) is 0. The molecule has 8 heteroatoms. The molecule has 0 radical (unpaired) electrons. The van der Waals surface area contributed by atoms with E-state index in [0.29, 0.717) is 15.0 Å². The predicted octanol–water partition coefficient (Wildman–Crippen LogP) is 5.74. The first-order valence-corrected chi connectivity index (χ1v) is 12.1. The average molecular weight is 469 g/mol. The summed E-state index contributed by atoms with van der Waals surface area (Å²) in [4.78, 5) is 24.9. The zero-order valence-electron chi connectivity index (χ0n) is 19.2. The number of nitrogens with zero attached hydrogens (tertiary/aromatic N) is 2. The molecule has 3 rings (SSSR count). The average Bonchev–Trinajstić information content (AvgIpc) is 3.16. The van der Waals surface area contributed by atoms with Crippen molar-refractivity contribution in [2.75, 3.05) is 16.4 Å². The minimum Gasteiger partial charge on any atom is -0.325 e. The second kappa shape index (κ2) is 9.83. The molecule has 0 saturated carbocycles. The van der Waals surface area contributed by atoms with Gasteiger partial charge in [-0.15, -0.1) is 10.2 Å².